The number of rotatable bonds is 3. The molecule has 3 nitrogen and oxygen atoms in total. The van der Waals surface area contributed by atoms with Crippen LogP contribution in [0.2, 0.25) is 0 Å². The first-order valence-corrected chi connectivity index (χ1v) is 6.72. The standard InChI is InChI=1S/C15H22N2O/c1-11(2)17(13-7-4-6-12(3)10-13)15(18)14-8-5-9-16-14/h4,6-7,10-11,14,16H,5,8-9H2,1-3H3. The van der Waals surface area contributed by atoms with E-state index in [4.69, 9.17) is 0 Å². The molecule has 1 aromatic rings. The highest BCUT2D eigenvalue weighted by molar-refractivity contribution is 5.97. The van der Waals surface area contributed by atoms with Crippen LogP contribution in [0.25, 0.3) is 0 Å². The Balaban J connectivity index is 2.25. The number of hydrogen-bond acceptors (Lipinski definition) is 2. The number of nitrogens with zero attached hydrogens (tertiary/aromatic N) is 1. The number of carbonyl (C=O) groups excluding carboxylic acids is 1. The largest absolute Gasteiger partial charge is 0.309 e. The van der Waals surface area contributed by atoms with Gasteiger partial charge in [-0.2, -0.15) is 0 Å². The van der Waals surface area contributed by atoms with Gasteiger partial charge in [-0.1, -0.05) is 12.1 Å². The van der Waals surface area contributed by atoms with Gasteiger partial charge in [-0.3, -0.25) is 4.79 Å². The molecule has 0 spiro atoms. The fraction of sp³-hybridized carbons (Fsp3) is 0.533. The van der Waals surface area contributed by atoms with Gasteiger partial charge in [0.1, 0.15) is 0 Å². The quantitative estimate of drug-likeness (QED) is 0.888. The van der Waals surface area contributed by atoms with Gasteiger partial charge in [-0.25, -0.2) is 0 Å². The van der Waals surface area contributed by atoms with Gasteiger partial charge in [0.25, 0.3) is 0 Å². The van der Waals surface area contributed by atoms with Crippen LogP contribution in [0.3, 0.4) is 0 Å². The number of carbonyl (C=O) groups is 1. The van der Waals surface area contributed by atoms with Gasteiger partial charge in [-0.15, -0.1) is 0 Å². The fourth-order valence-electron chi connectivity index (χ4n) is 2.52. The monoisotopic (exact) mass is 246 g/mol. The average Bonchev–Trinajstić information content (AvgIpc) is 2.82. The summed E-state index contributed by atoms with van der Waals surface area (Å²) < 4.78 is 0. The van der Waals surface area contributed by atoms with Crippen molar-refractivity contribution in [2.75, 3.05) is 11.4 Å². The summed E-state index contributed by atoms with van der Waals surface area (Å²) in [5.41, 5.74) is 2.19. The maximum Gasteiger partial charge on any atom is 0.244 e. The van der Waals surface area contributed by atoms with E-state index in [1.54, 1.807) is 0 Å². The summed E-state index contributed by atoms with van der Waals surface area (Å²) in [5.74, 6) is 0.202. The van der Waals surface area contributed by atoms with Crippen molar-refractivity contribution < 1.29 is 4.79 Å². The Morgan fingerprint density at radius 2 is 2.22 bits per heavy atom. The van der Waals surface area contributed by atoms with Crippen molar-refractivity contribution in [3.63, 3.8) is 0 Å². The Bertz CT molecular complexity index is 422. The maximum absolute atomic E-state index is 12.6. The molecule has 1 N–H and O–H groups in total. The Hall–Kier alpha value is -1.35. The zero-order valence-corrected chi connectivity index (χ0v) is 11.4. The van der Waals surface area contributed by atoms with Crippen LogP contribution in [-0.4, -0.2) is 24.5 Å². The molecule has 0 radical (unpaired) electrons. The molecule has 1 amide bonds. The van der Waals surface area contributed by atoms with Gasteiger partial charge in [0.2, 0.25) is 5.91 Å². The van der Waals surface area contributed by atoms with Crippen molar-refractivity contribution in [1.29, 1.82) is 0 Å². The molecule has 1 atom stereocenters. The Morgan fingerprint density at radius 3 is 2.78 bits per heavy atom. The molecule has 1 unspecified atom stereocenters. The van der Waals surface area contributed by atoms with Crippen molar-refractivity contribution in [3.05, 3.63) is 29.8 Å². The van der Waals surface area contributed by atoms with E-state index in [0.717, 1.165) is 25.1 Å². The molecule has 2 rings (SSSR count). The van der Waals surface area contributed by atoms with Gasteiger partial charge in [0.15, 0.2) is 0 Å². The highest BCUT2D eigenvalue weighted by Gasteiger charge is 2.29. The van der Waals surface area contributed by atoms with E-state index in [1.165, 1.54) is 5.56 Å². The molecule has 1 aliphatic heterocycles. The number of nitrogens with one attached hydrogen (secondary N) is 1. The molecule has 1 fully saturated rings. The molecule has 1 heterocycles. The minimum atomic E-state index is -0.00656. The van der Waals surface area contributed by atoms with Gasteiger partial charge in [-0.05, 0) is 57.9 Å². The molecule has 0 aliphatic carbocycles. The third-order valence-corrected chi connectivity index (χ3v) is 3.39. The molecule has 0 aromatic heterocycles. The third kappa shape index (κ3) is 2.72. The lowest BCUT2D eigenvalue weighted by Crippen LogP contribution is -2.47. The minimum Gasteiger partial charge on any atom is -0.309 e. The molecule has 98 valence electrons. The number of aryl methyl sites for hydroxylation is 1. The summed E-state index contributed by atoms with van der Waals surface area (Å²) >= 11 is 0. The Labute approximate surface area is 109 Å². The van der Waals surface area contributed by atoms with Gasteiger partial charge < -0.3 is 10.2 Å². The third-order valence-electron chi connectivity index (χ3n) is 3.39. The molecular weight excluding hydrogens is 224 g/mol. The van der Waals surface area contributed by atoms with Crippen LogP contribution in [0.15, 0.2) is 24.3 Å². The van der Waals surface area contributed by atoms with E-state index in [0.29, 0.717) is 0 Å². The van der Waals surface area contributed by atoms with Crippen LogP contribution in [0.4, 0.5) is 5.69 Å². The molecule has 0 bridgehead atoms. The molecule has 1 aliphatic rings. The summed E-state index contributed by atoms with van der Waals surface area (Å²) in [6, 6.07) is 8.33. The first-order chi connectivity index (χ1) is 8.59. The van der Waals surface area contributed by atoms with Crippen LogP contribution in [0.1, 0.15) is 32.3 Å². The normalized spacial score (nSPS) is 19.2. The zero-order valence-electron chi connectivity index (χ0n) is 11.4. The van der Waals surface area contributed by atoms with Gasteiger partial charge >= 0.3 is 0 Å². The Morgan fingerprint density at radius 1 is 1.44 bits per heavy atom. The van der Waals surface area contributed by atoms with Crippen molar-refractivity contribution in [3.8, 4) is 0 Å². The second-order valence-corrected chi connectivity index (χ2v) is 5.29. The number of hydrogen-bond donors (Lipinski definition) is 1. The zero-order chi connectivity index (χ0) is 13.1. The second kappa shape index (κ2) is 5.53. The van der Waals surface area contributed by atoms with E-state index in [2.05, 4.69) is 38.2 Å². The second-order valence-electron chi connectivity index (χ2n) is 5.29. The predicted octanol–water partition coefficient (Wildman–Crippen LogP) is 2.49. The first-order valence-electron chi connectivity index (χ1n) is 6.72. The highest BCUT2D eigenvalue weighted by Crippen LogP contribution is 2.21. The summed E-state index contributed by atoms with van der Waals surface area (Å²) in [7, 11) is 0. The lowest BCUT2D eigenvalue weighted by atomic mass is 10.1. The van der Waals surface area contributed by atoms with Crippen molar-refractivity contribution in [2.24, 2.45) is 0 Å². The topological polar surface area (TPSA) is 32.3 Å². The molecule has 18 heavy (non-hydrogen) atoms. The smallest absolute Gasteiger partial charge is 0.244 e. The number of anilines is 1. The lowest BCUT2D eigenvalue weighted by molar-refractivity contribution is -0.120. The van der Waals surface area contributed by atoms with E-state index in [1.807, 2.05) is 17.0 Å². The predicted molar refractivity (Wildman–Crippen MR) is 74.8 cm³/mol. The van der Waals surface area contributed by atoms with Crippen LogP contribution in [0.5, 0.6) is 0 Å². The first kappa shape index (κ1) is 13.1. The van der Waals surface area contributed by atoms with Crippen LogP contribution < -0.4 is 10.2 Å². The Kier molecular flexibility index (Phi) is 4.02. The van der Waals surface area contributed by atoms with E-state index < -0.39 is 0 Å². The highest BCUT2D eigenvalue weighted by atomic mass is 16.2. The van der Waals surface area contributed by atoms with Gasteiger partial charge in [0.05, 0.1) is 6.04 Å². The minimum absolute atomic E-state index is 0.00656. The fourth-order valence-corrected chi connectivity index (χ4v) is 2.52. The maximum atomic E-state index is 12.6. The van der Waals surface area contributed by atoms with Crippen LogP contribution in [0, 0.1) is 6.92 Å². The van der Waals surface area contributed by atoms with Crippen molar-refractivity contribution in [1.82, 2.24) is 5.32 Å². The van der Waals surface area contributed by atoms with E-state index >= 15 is 0 Å². The summed E-state index contributed by atoms with van der Waals surface area (Å²) in [6.07, 6.45) is 2.05. The lowest BCUT2D eigenvalue weighted by Gasteiger charge is -2.29. The summed E-state index contributed by atoms with van der Waals surface area (Å²) in [5, 5.41) is 3.28. The van der Waals surface area contributed by atoms with E-state index in [9.17, 15) is 4.79 Å². The van der Waals surface area contributed by atoms with Gasteiger partial charge in [0, 0.05) is 11.7 Å². The molecule has 1 aromatic carbocycles. The average molecular weight is 246 g/mol. The van der Waals surface area contributed by atoms with Crippen LogP contribution in [-0.2, 0) is 4.79 Å². The number of benzene rings is 1. The summed E-state index contributed by atoms with van der Waals surface area (Å²) in [4.78, 5) is 14.5. The number of amides is 1. The van der Waals surface area contributed by atoms with Crippen molar-refractivity contribution in [2.45, 2.75) is 45.7 Å². The summed E-state index contributed by atoms with van der Waals surface area (Å²) in [6.45, 7) is 7.14. The molecular formula is C15H22N2O. The van der Waals surface area contributed by atoms with Crippen molar-refractivity contribution >= 4 is 11.6 Å². The van der Waals surface area contributed by atoms with Crippen LogP contribution >= 0.6 is 0 Å². The molecule has 3 heteroatoms. The molecule has 1 saturated heterocycles. The SMILES string of the molecule is Cc1cccc(N(C(=O)C2CCCN2)C(C)C)c1. The van der Waals surface area contributed by atoms with E-state index in [-0.39, 0.29) is 18.0 Å². The molecule has 0 saturated carbocycles.